The maximum Gasteiger partial charge on any atom is 0.409 e. The predicted molar refractivity (Wildman–Crippen MR) is 72.3 cm³/mol. The Labute approximate surface area is 116 Å². The van der Waals surface area contributed by atoms with E-state index in [1.807, 2.05) is 4.90 Å². The number of nitrogens with zero attached hydrogens (tertiary/aromatic N) is 4. The van der Waals surface area contributed by atoms with Gasteiger partial charge in [0.15, 0.2) is 0 Å². The number of hydrogen-bond acceptors (Lipinski definition) is 6. The zero-order valence-corrected chi connectivity index (χ0v) is 11.4. The molecule has 1 aliphatic rings. The Morgan fingerprint density at radius 1 is 1.42 bits per heavy atom. The van der Waals surface area contributed by atoms with Crippen LogP contribution in [0.15, 0.2) is 6.07 Å². The van der Waals surface area contributed by atoms with Crippen LogP contribution >= 0.6 is 11.6 Å². The third kappa shape index (κ3) is 3.37. The van der Waals surface area contributed by atoms with Crippen molar-refractivity contribution in [3.8, 4) is 0 Å². The van der Waals surface area contributed by atoms with Crippen molar-refractivity contribution in [3.05, 3.63) is 11.2 Å². The van der Waals surface area contributed by atoms with E-state index in [0.29, 0.717) is 49.7 Å². The Morgan fingerprint density at radius 3 is 2.68 bits per heavy atom. The first-order chi connectivity index (χ1) is 9.10. The average Bonchev–Trinajstić information content (AvgIpc) is 2.38. The second-order valence-corrected chi connectivity index (χ2v) is 4.48. The van der Waals surface area contributed by atoms with E-state index in [2.05, 4.69) is 9.97 Å². The van der Waals surface area contributed by atoms with E-state index in [0.717, 1.165) is 0 Å². The van der Waals surface area contributed by atoms with E-state index in [-0.39, 0.29) is 6.09 Å². The summed E-state index contributed by atoms with van der Waals surface area (Å²) in [5.41, 5.74) is 5.63. The number of amides is 1. The molecule has 1 saturated heterocycles. The van der Waals surface area contributed by atoms with Crippen LogP contribution in [0.4, 0.5) is 16.6 Å². The minimum atomic E-state index is -0.284. The summed E-state index contributed by atoms with van der Waals surface area (Å²) in [6.45, 7) is 4.55. The number of ether oxygens (including phenoxy) is 1. The number of anilines is 2. The fourth-order valence-electron chi connectivity index (χ4n) is 1.87. The predicted octanol–water partition coefficient (Wildman–Crippen LogP) is 0.991. The summed E-state index contributed by atoms with van der Waals surface area (Å²) < 4.78 is 4.96. The molecule has 1 aromatic rings. The van der Waals surface area contributed by atoms with Gasteiger partial charge < -0.3 is 20.3 Å². The van der Waals surface area contributed by atoms with Crippen LogP contribution in [0.1, 0.15) is 6.92 Å². The van der Waals surface area contributed by atoms with Gasteiger partial charge in [0.2, 0.25) is 5.95 Å². The van der Waals surface area contributed by atoms with Gasteiger partial charge in [-0.2, -0.15) is 4.98 Å². The lowest BCUT2D eigenvalue weighted by Gasteiger charge is -2.34. The highest BCUT2D eigenvalue weighted by Crippen LogP contribution is 2.17. The van der Waals surface area contributed by atoms with Crippen LogP contribution < -0.4 is 10.6 Å². The van der Waals surface area contributed by atoms with Gasteiger partial charge in [0.05, 0.1) is 6.61 Å². The molecular formula is C11H16ClN5O2. The van der Waals surface area contributed by atoms with Crippen molar-refractivity contribution >= 4 is 29.5 Å². The largest absolute Gasteiger partial charge is 0.450 e. The van der Waals surface area contributed by atoms with E-state index >= 15 is 0 Å². The van der Waals surface area contributed by atoms with Crippen molar-refractivity contribution in [1.29, 1.82) is 0 Å². The van der Waals surface area contributed by atoms with Crippen molar-refractivity contribution in [2.45, 2.75) is 6.92 Å². The number of halogens is 1. The lowest BCUT2D eigenvalue weighted by molar-refractivity contribution is 0.105. The highest BCUT2D eigenvalue weighted by molar-refractivity contribution is 6.29. The van der Waals surface area contributed by atoms with Gasteiger partial charge in [-0.3, -0.25) is 0 Å². The van der Waals surface area contributed by atoms with E-state index in [9.17, 15) is 4.79 Å². The second kappa shape index (κ2) is 5.92. The fourth-order valence-corrected chi connectivity index (χ4v) is 2.06. The molecule has 19 heavy (non-hydrogen) atoms. The van der Waals surface area contributed by atoms with Gasteiger partial charge in [-0.1, -0.05) is 11.6 Å². The van der Waals surface area contributed by atoms with Crippen LogP contribution in [0.25, 0.3) is 0 Å². The van der Waals surface area contributed by atoms with Crippen molar-refractivity contribution in [2.24, 2.45) is 0 Å². The zero-order chi connectivity index (χ0) is 13.8. The number of hydrogen-bond donors (Lipinski definition) is 1. The standard InChI is InChI=1S/C11H16ClN5O2/c1-2-19-11(18)17-5-3-16(4-6-17)10-14-8(12)7-9(13)15-10/h7H,2-6H2,1H3,(H2,13,14,15). The first kappa shape index (κ1) is 13.7. The molecule has 1 fully saturated rings. The number of carbonyl (C=O) groups excluding carboxylic acids is 1. The molecule has 0 radical (unpaired) electrons. The molecule has 0 spiro atoms. The van der Waals surface area contributed by atoms with Crippen LogP contribution in [-0.2, 0) is 4.74 Å². The van der Waals surface area contributed by atoms with Gasteiger partial charge in [0, 0.05) is 32.2 Å². The minimum absolute atomic E-state index is 0.284. The maximum atomic E-state index is 11.6. The maximum absolute atomic E-state index is 11.6. The van der Waals surface area contributed by atoms with Gasteiger partial charge in [-0.15, -0.1) is 0 Å². The Hall–Kier alpha value is -1.76. The normalized spacial score (nSPS) is 15.5. The van der Waals surface area contributed by atoms with E-state index in [1.165, 1.54) is 6.07 Å². The summed E-state index contributed by atoms with van der Waals surface area (Å²) >= 11 is 5.85. The van der Waals surface area contributed by atoms with Crippen molar-refractivity contribution in [2.75, 3.05) is 43.4 Å². The molecule has 2 heterocycles. The Morgan fingerprint density at radius 2 is 2.11 bits per heavy atom. The fraction of sp³-hybridized carbons (Fsp3) is 0.545. The molecule has 1 aliphatic heterocycles. The van der Waals surface area contributed by atoms with Gasteiger partial charge >= 0.3 is 6.09 Å². The molecule has 7 nitrogen and oxygen atoms in total. The van der Waals surface area contributed by atoms with Crippen LogP contribution in [0.2, 0.25) is 5.15 Å². The average molecular weight is 286 g/mol. The molecule has 2 N–H and O–H groups in total. The highest BCUT2D eigenvalue weighted by Gasteiger charge is 2.23. The molecule has 0 aliphatic carbocycles. The van der Waals surface area contributed by atoms with Gasteiger partial charge in [-0.05, 0) is 6.92 Å². The van der Waals surface area contributed by atoms with Crippen LogP contribution in [0.3, 0.4) is 0 Å². The molecule has 0 atom stereocenters. The van der Waals surface area contributed by atoms with Crippen LogP contribution in [-0.4, -0.2) is 53.7 Å². The number of nitrogens with two attached hydrogens (primary N) is 1. The minimum Gasteiger partial charge on any atom is -0.450 e. The third-order valence-electron chi connectivity index (χ3n) is 2.79. The van der Waals surface area contributed by atoms with Gasteiger partial charge in [0.25, 0.3) is 0 Å². The molecule has 0 unspecified atom stereocenters. The first-order valence-corrected chi connectivity index (χ1v) is 6.44. The summed E-state index contributed by atoms with van der Waals surface area (Å²) in [6, 6.07) is 1.50. The summed E-state index contributed by atoms with van der Waals surface area (Å²) in [5.74, 6) is 0.830. The molecule has 0 bridgehead atoms. The second-order valence-electron chi connectivity index (χ2n) is 4.09. The van der Waals surface area contributed by atoms with Crippen molar-refractivity contribution < 1.29 is 9.53 Å². The zero-order valence-electron chi connectivity index (χ0n) is 10.7. The molecule has 0 saturated carbocycles. The van der Waals surface area contributed by atoms with Gasteiger partial charge in [-0.25, -0.2) is 9.78 Å². The summed E-state index contributed by atoms with van der Waals surface area (Å²) in [5, 5.41) is 0.315. The number of nitrogen functional groups attached to an aromatic ring is 1. The number of aromatic nitrogens is 2. The molecule has 1 aromatic heterocycles. The lowest BCUT2D eigenvalue weighted by Crippen LogP contribution is -2.49. The Kier molecular flexibility index (Phi) is 4.26. The monoisotopic (exact) mass is 285 g/mol. The quantitative estimate of drug-likeness (QED) is 0.816. The van der Waals surface area contributed by atoms with Crippen LogP contribution in [0, 0.1) is 0 Å². The third-order valence-corrected chi connectivity index (χ3v) is 2.99. The Balaban J connectivity index is 1.97. The molecule has 1 amide bonds. The number of rotatable bonds is 2. The van der Waals surface area contributed by atoms with Crippen molar-refractivity contribution in [3.63, 3.8) is 0 Å². The summed E-state index contributed by atoms with van der Waals surface area (Å²) in [6.07, 6.45) is -0.284. The smallest absolute Gasteiger partial charge is 0.409 e. The Bertz CT molecular complexity index is 442. The van der Waals surface area contributed by atoms with E-state index in [1.54, 1.807) is 11.8 Å². The van der Waals surface area contributed by atoms with Gasteiger partial charge in [0.1, 0.15) is 11.0 Å². The SMILES string of the molecule is CCOC(=O)N1CCN(c2nc(N)cc(Cl)n2)CC1. The lowest BCUT2D eigenvalue weighted by atomic mass is 10.3. The van der Waals surface area contributed by atoms with Crippen molar-refractivity contribution in [1.82, 2.24) is 14.9 Å². The molecule has 2 rings (SSSR count). The number of carbonyl (C=O) groups is 1. The first-order valence-electron chi connectivity index (χ1n) is 6.07. The molecule has 0 aromatic carbocycles. The van der Waals surface area contributed by atoms with Crippen LogP contribution in [0.5, 0.6) is 0 Å². The number of piperazine rings is 1. The van der Waals surface area contributed by atoms with E-state index in [4.69, 9.17) is 22.1 Å². The highest BCUT2D eigenvalue weighted by atomic mass is 35.5. The molecule has 104 valence electrons. The topological polar surface area (TPSA) is 84.6 Å². The van der Waals surface area contributed by atoms with E-state index < -0.39 is 0 Å². The molecular weight excluding hydrogens is 270 g/mol. The summed E-state index contributed by atoms with van der Waals surface area (Å²) in [4.78, 5) is 23.4. The molecule has 8 heteroatoms. The summed E-state index contributed by atoms with van der Waals surface area (Å²) in [7, 11) is 0.